The summed E-state index contributed by atoms with van der Waals surface area (Å²) in [6.45, 7) is 0. The highest BCUT2D eigenvalue weighted by Crippen LogP contribution is 2.33. The zero-order valence-corrected chi connectivity index (χ0v) is 13.5. The first-order valence-corrected chi connectivity index (χ1v) is 8.09. The van der Waals surface area contributed by atoms with Gasteiger partial charge < -0.3 is 4.74 Å². The lowest BCUT2D eigenvalue weighted by atomic mass is 10.1. The Morgan fingerprint density at radius 1 is 1.12 bits per heavy atom. The Hall–Kier alpha value is -3.37. The summed E-state index contributed by atoms with van der Waals surface area (Å²) in [5.41, 5.74) is 1.88. The molecule has 0 amide bonds. The number of hydrogen-bond acceptors (Lipinski definition) is 6. The molecule has 0 atom stereocenters. The van der Waals surface area contributed by atoms with Crippen molar-refractivity contribution in [2.24, 2.45) is 0 Å². The molecule has 0 aliphatic carbocycles. The topological polar surface area (TPSA) is 71.7 Å². The van der Waals surface area contributed by atoms with Crippen molar-refractivity contribution in [2.75, 3.05) is 0 Å². The van der Waals surface area contributed by atoms with Crippen LogP contribution in [-0.2, 0) is 0 Å². The zero-order valence-electron chi connectivity index (χ0n) is 12.7. The molecule has 5 nitrogen and oxygen atoms in total. The fraction of sp³-hybridized carbons (Fsp3) is 0. The number of hydrogen-bond donors (Lipinski definition) is 0. The molecule has 0 saturated heterocycles. The number of rotatable bonds is 3. The fourth-order valence-corrected chi connectivity index (χ4v) is 3.16. The first-order chi connectivity index (χ1) is 12.2. The molecule has 2 heterocycles. The second kappa shape index (κ2) is 6.26. The smallest absolute Gasteiger partial charge is 0.147 e. The first-order valence-electron chi connectivity index (χ1n) is 7.27. The van der Waals surface area contributed by atoms with Gasteiger partial charge in [-0.15, -0.1) is 0 Å². The minimum absolute atomic E-state index is 0.345. The van der Waals surface area contributed by atoms with E-state index in [-0.39, 0.29) is 5.82 Å². The van der Waals surface area contributed by atoms with Gasteiger partial charge in [0.25, 0.3) is 0 Å². The summed E-state index contributed by atoms with van der Waals surface area (Å²) in [5.74, 6) is 0.516. The molecule has 25 heavy (non-hydrogen) atoms. The van der Waals surface area contributed by atoms with Crippen LogP contribution in [0.15, 0.2) is 55.0 Å². The Labute approximate surface area is 146 Å². The molecular formula is C18H9FN4OS. The van der Waals surface area contributed by atoms with Crippen molar-refractivity contribution >= 4 is 21.7 Å². The van der Waals surface area contributed by atoms with Crippen molar-refractivity contribution in [1.82, 2.24) is 15.0 Å². The quantitative estimate of drug-likeness (QED) is 0.543. The minimum Gasteiger partial charge on any atom is -0.456 e. The van der Waals surface area contributed by atoms with Gasteiger partial charge in [0.1, 0.15) is 45.1 Å². The molecule has 2 aromatic carbocycles. The third-order valence-electron chi connectivity index (χ3n) is 3.46. The van der Waals surface area contributed by atoms with Crippen molar-refractivity contribution in [2.45, 2.75) is 0 Å². The van der Waals surface area contributed by atoms with E-state index in [0.717, 1.165) is 15.4 Å². The standard InChI is InChI=1S/C18H9FN4OS/c19-13-2-4-14(5-3-13)24-16-6-1-11(7-12(16)8-20)17-23-15-9-21-10-22-18(15)25-17/h1-7,9-10H. The van der Waals surface area contributed by atoms with E-state index in [1.807, 2.05) is 6.07 Å². The van der Waals surface area contributed by atoms with E-state index >= 15 is 0 Å². The van der Waals surface area contributed by atoms with E-state index in [1.165, 1.54) is 41.9 Å². The van der Waals surface area contributed by atoms with E-state index in [4.69, 9.17) is 4.74 Å². The second-order valence-corrected chi connectivity index (χ2v) is 6.09. The maximum Gasteiger partial charge on any atom is 0.147 e. The summed E-state index contributed by atoms with van der Waals surface area (Å²) in [4.78, 5) is 13.4. The van der Waals surface area contributed by atoms with Gasteiger partial charge in [0.2, 0.25) is 0 Å². The van der Waals surface area contributed by atoms with Crippen LogP contribution < -0.4 is 4.74 Å². The molecule has 0 bridgehead atoms. The van der Waals surface area contributed by atoms with Crippen LogP contribution in [0, 0.1) is 17.1 Å². The highest BCUT2D eigenvalue weighted by atomic mass is 32.1. The van der Waals surface area contributed by atoms with Crippen LogP contribution in [0.5, 0.6) is 11.5 Å². The third-order valence-corrected chi connectivity index (χ3v) is 4.49. The second-order valence-electron chi connectivity index (χ2n) is 5.11. The van der Waals surface area contributed by atoms with Crippen molar-refractivity contribution in [3.63, 3.8) is 0 Å². The first kappa shape index (κ1) is 15.2. The van der Waals surface area contributed by atoms with Crippen LogP contribution in [0.25, 0.3) is 20.9 Å². The Morgan fingerprint density at radius 2 is 1.96 bits per heavy atom. The molecule has 0 fully saturated rings. The lowest BCUT2D eigenvalue weighted by Gasteiger charge is -2.08. The van der Waals surface area contributed by atoms with Crippen molar-refractivity contribution in [3.05, 3.63) is 66.4 Å². The molecule has 0 saturated carbocycles. The van der Waals surface area contributed by atoms with Crippen molar-refractivity contribution in [1.29, 1.82) is 5.26 Å². The normalized spacial score (nSPS) is 10.6. The summed E-state index contributed by atoms with van der Waals surface area (Å²) >= 11 is 1.43. The van der Waals surface area contributed by atoms with E-state index in [2.05, 4.69) is 21.0 Å². The molecule has 4 rings (SSSR count). The van der Waals surface area contributed by atoms with Crippen LogP contribution in [0.2, 0.25) is 0 Å². The molecule has 0 N–H and O–H groups in total. The molecule has 120 valence electrons. The number of fused-ring (bicyclic) bond motifs is 1. The van der Waals surface area contributed by atoms with E-state index in [1.54, 1.807) is 18.3 Å². The predicted octanol–water partition coefficient (Wildman–Crippen LogP) is 4.56. The number of thiazole rings is 1. The van der Waals surface area contributed by atoms with Gasteiger partial charge in [0.15, 0.2) is 0 Å². The van der Waals surface area contributed by atoms with Gasteiger partial charge in [-0.1, -0.05) is 11.3 Å². The van der Waals surface area contributed by atoms with Crippen molar-refractivity contribution < 1.29 is 9.13 Å². The molecule has 2 aromatic heterocycles. The average Bonchev–Trinajstić information content (AvgIpc) is 3.08. The summed E-state index contributed by atoms with van der Waals surface area (Å²) < 4.78 is 18.7. The monoisotopic (exact) mass is 348 g/mol. The maximum absolute atomic E-state index is 13.0. The van der Waals surface area contributed by atoms with Gasteiger partial charge in [-0.05, 0) is 42.5 Å². The van der Waals surface area contributed by atoms with Crippen LogP contribution in [0.3, 0.4) is 0 Å². The molecule has 4 aromatic rings. The van der Waals surface area contributed by atoms with E-state index in [0.29, 0.717) is 22.6 Å². The van der Waals surface area contributed by atoms with E-state index in [9.17, 15) is 9.65 Å². The molecule has 0 radical (unpaired) electrons. The van der Waals surface area contributed by atoms with Crippen LogP contribution in [-0.4, -0.2) is 15.0 Å². The van der Waals surface area contributed by atoms with Gasteiger partial charge >= 0.3 is 0 Å². The molecule has 0 aliphatic heterocycles. The lowest BCUT2D eigenvalue weighted by Crippen LogP contribution is -1.89. The number of nitriles is 1. The van der Waals surface area contributed by atoms with E-state index < -0.39 is 0 Å². The number of aromatic nitrogens is 3. The fourth-order valence-electron chi connectivity index (χ4n) is 2.28. The largest absolute Gasteiger partial charge is 0.456 e. The molecule has 0 unspecified atom stereocenters. The summed E-state index contributed by atoms with van der Waals surface area (Å²) in [6.07, 6.45) is 3.13. The number of benzene rings is 2. The van der Waals surface area contributed by atoms with Crippen molar-refractivity contribution in [3.8, 4) is 28.1 Å². The summed E-state index contributed by atoms with van der Waals surface area (Å²) in [5, 5.41) is 10.2. The third kappa shape index (κ3) is 3.03. The zero-order chi connectivity index (χ0) is 17.2. The van der Waals surface area contributed by atoms with Gasteiger partial charge in [-0.2, -0.15) is 5.26 Å². The predicted molar refractivity (Wildman–Crippen MR) is 91.8 cm³/mol. The van der Waals surface area contributed by atoms with Gasteiger partial charge in [-0.3, -0.25) is 0 Å². The number of nitrogens with zero attached hydrogens (tertiary/aromatic N) is 4. The molecular weight excluding hydrogens is 339 g/mol. The Kier molecular flexibility index (Phi) is 3.80. The molecule has 0 spiro atoms. The minimum atomic E-state index is -0.345. The van der Waals surface area contributed by atoms with Gasteiger partial charge in [0, 0.05) is 5.56 Å². The maximum atomic E-state index is 13.0. The summed E-state index contributed by atoms with van der Waals surface area (Å²) in [7, 11) is 0. The number of halogens is 1. The number of ether oxygens (including phenoxy) is 1. The highest BCUT2D eigenvalue weighted by Gasteiger charge is 2.11. The Balaban J connectivity index is 1.69. The van der Waals surface area contributed by atoms with Crippen LogP contribution >= 0.6 is 11.3 Å². The molecule has 7 heteroatoms. The van der Waals surface area contributed by atoms with Gasteiger partial charge in [0.05, 0.1) is 11.8 Å². The SMILES string of the molecule is N#Cc1cc(-c2nc3cncnc3s2)ccc1Oc1ccc(F)cc1. The molecule has 0 aliphatic rings. The average molecular weight is 348 g/mol. The van der Waals surface area contributed by atoms with Crippen LogP contribution in [0.4, 0.5) is 4.39 Å². The summed E-state index contributed by atoms with van der Waals surface area (Å²) in [6, 6.07) is 13.0. The Bertz CT molecular complexity index is 1070. The lowest BCUT2D eigenvalue weighted by molar-refractivity contribution is 0.479. The Morgan fingerprint density at radius 3 is 2.72 bits per heavy atom. The van der Waals surface area contributed by atoms with Crippen LogP contribution in [0.1, 0.15) is 5.56 Å². The highest BCUT2D eigenvalue weighted by molar-refractivity contribution is 7.21. The van der Waals surface area contributed by atoms with Gasteiger partial charge in [-0.25, -0.2) is 19.3 Å².